The third kappa shape index (κ3) is 4.71. The second-order valence-electron chi connectivity index (χ2n) is 6.33. The summed E-state index contributed by atoms with van der Waals surface area (Å²) in [6, 6.07) is 6.60. The lowest BCUT2D eigenvalue weighted by Crippen LogP contribution is -2.06. The molecule has 0 aromatic heterocycles. The molecule has 10 heteroatoms. The van der Waals surface area contributed by atoms with Crippen LogP contribution in [0.4, 0.5) is 20.2 Å². The Hall–Kier alpha value is -3.27. The molecule has 1 heterocycles. The van der Waals surface area contributed by atoms with Crippen molar-refractivity contribution < 1.29 is 28.2 Å². The van der Waals surface area contributed by atoms with Gasteiger partial charge in [0.1, 0.15) is 23.5 Å². The zero-order chi connectivity index (χ0) is 21.1. The number of rotatable bonds is 5. The number of carbonyl (C=O) groups is 1. The number of hydrogen-bond acceptors (Lipinski definition) is 6. The molecule has 3 rings (SSSR count). The maximum Gasteiger partial charge on any atom is 0.270 e. The number of nitro groups is 2. The molecule has 1 aliphatic heterocycles. The number of benzene rings is 2. The van der Waals surface area contributed by atoms with Crippen LogP contribution in [0.5, 0.6) is 0 Å². The zero-order valence-electron chi connectivity index (χ0n) is 14.9. The van der Waals surface area contributed by atoms with Crippen molar-refractivity contribution in [3.63, 3.8) is 0 Å². The Kier molecular flexibility index (Phi) is 6.14. The smallest absolute Gasteiger partial charge is 0.270 e. The van der Waals surface area contributed by atoms with Gasteiger partial charge in [-0.25, -0.2) is 8.78 Å². The standard InChI is InChI=1S/2C9H8FNO3/c1-9(5-14-9)7-4-6(11(12)13)2-3-8(7)10;1-6(5-12)8-4-7(11(13)14)2-3-9(8)10/h2-4H,5H2,1H3;2-6H,1H3. The minimum absolute atomic E-state index is 0.0502. The van der Waals surface area contributed by atoms with Crippen molar-refractivity contribution in [3.8, 4) is 0 Å². The molecule has 8 nitrogen and oxygen atoms in total. The van der Waals surface area contributed by atoms with E-state index in [9.17, 15) is 33.8 Å². The highest BCUT2D eigenvalue weighted by atomic mass is 19.1. The van der Waals surface area contributed by atoms with Crippen molar-refractivity contribution >= 4 is 17.7 Å². The Morgan fingerprint density at radius 3 is 2.04 bits per heavy atom. The predicted octanol–water partition coefficient (Wildman–Crippen LogP) is 4.02. The zero-order valence-corrected chi connectivity index (χ0v) is 14.9. The van der Waals surface area contributed by atoms with E-state index in [4.69, 9.17) is 4.74 Å². The average molecular weight is 394 g/mol. The highest BCUT2D eigenvalue weighted by Crippen LogP contribution is 2.40. The average Bonchev–Trinajstić information content (AvgIpc) is 3.40. The molecular formula is C18H16F2N2O6. The van der Waals surface area contributed by atoms with Gasteiger partial charge in [-0.2, -0.15) is 0 Å². The largest absolute Gasteiger partial charge is 0.365 e. The molecule has 2 aromatic carbocycles. The summed E-state index contributed by atoms with van der Waals surface area (Å²) in [4.78, 5) is 30.1. The molecule has 1 aliphatic rings. The Bertz CT molecular complexity index is 930. The predicted molar refractivity (Wildman–Crippen MR) is 93.9 cm³/mol. The molecule has 0 bridgehead atoms. The van der Waals surface area contributed by atoms with Crippen molar-refractivity contribution in [1.82, 2.24) is 0 Å². The number of hydrogen-bond donors (Lipinski definition) is 0. The lowest BCUT2D eigenvalue weighted by Gasteiger charge is -2.05. The van der Waals surface area contributed by atoms with Crippen molar-refractivity contribution in [1.29, 1.82) is 0 Å². The summed E-state index contributed by atoms with van der Waals surface area (Å²) >= 11 is 0. The molecule has 0 aliphatic carbocycles. The van der Waals surface area contributed by atoms with E-state index in [2.05, 4.69) is 0 Å². The van der Waals surface area contributed by atoms with E-state index < -0.39 is 33.0 Å². The van der Waals surface area contributed by atoms with Gasteiger partial charge in [0.15, 0.2) is 0 Å². The first kappa shape index (κ1) is 21.0. The van der Waals surface area contributed by atoms with Gasteiger partial charge in [0.2, 0.25) is 0 Å². The molecule has 2 atom stereocenters. The van der Waals surface area contributed by atoms with Crippen LogP contribution in [0.15, 0.2) is 36.4 Å². The maximum atomic E-state index is 13.3. The van der Waals surface area contributed by atoms with E-state index in [1.165, 1.54) is 13.0 Å². The Labute approximate surface area is 158 Å². The molecule has 1 fully saturated rings. The van der Waals surface area contributed by atoms with Gasteiger partial charge >= 0.3 is 0 Å². The Balaban J connectivity index is 0.000000200. The van der Waals surface area contributed by atoms with E-state index >= 15 is 0 Å². The molecule has 0 N–H and O–H groups in total. The number of nitrogens with zero attached hydrogens (tertiary/aromatic N) is 2. The summed E-state index contributed by atoms with van der Waals surface area (Å²) in [6.07, 6.45) is 0.544. The van der Waals surface area contributed by atoms with E-state index in [-0.39, 0.29) is 22.5 Å². The molecule has 148 valence electrons. The van der Waals surface area contributed by atoms with Crippen LogP contribution in [-0.2, 0) is 15.1 Å². The first-order valence-electron chi connectivity index (χ1n) is 8.06. The van der Waals surface area contributed by atoms with Crippen molar-refractivity contribution in [2.75, 3.05) is 6.61 Å². The minimum Gasteiger partial charge on any atom is -0.365 e. The quantitative estimate of drug-likeness (QED) is 0.327. The van der Waals surface area contributed by atoms with Gasteiger partial charge < -0.3 is 9.53 Å². The number of epoxide rings is 1. The first-order valence-corrected chi connectivity index (χ1v) is 8.06. The molecule has 2 unspecified atom stereocenters. The second kappa shape index (κ2) is 8.17. The molecule has 0 saturated carbocycles. The van der Waals surface area contributed by atoms with Gasteiger partial charge in [0.05, 0.1) is 16.5 Å². The van der Waals surface area contributed by atoms with Crippen LogP contribution in [0.3, 0.4) is 0 Å². The number of non-ortho nitro benzene ring substituents is 2. The topological polar surface area (TPSA) is 116 Å². The van der Waals surface area contributed by atoms with Gasteiger partial charge in [0.25, 0.3) is 11.4 Å². The van der Waals surface area contributed by atoms with Crippen LogP contribution in [0.25, 0.3) is 0 Å². The SMILES string of the molecule is CC(C=O)c1cc([N+](=O)[O-])ccc1F.CC1(c2cc([N+](=O)[O-])ccc2F)CO1. The lowest BCUT2D eigenvalue weighted by molar-refractivity contribution is -0.385. The van der Waals surface area contributed by atoms with Crippen LogP contribution in [0, 0.1) is 31.9 Å². The highest BCUT2D eigenvalue weighted by Gasteiger charge is 2.44. The van der Waals surface area contributed by atoms with Crippen molar-refractivity contribution in [2.45, 2.75) is 25.4 Å². The molecule has 1 saturated heterocycles. The van der Waals surface area contributed by atoms with Gasteiger partial charge in [-0.05, 0) is 19.1 Å². The minimum atomic E-state index is -0.671. The summed E-state index contributed by atoms with van der Waals surface area (Å²) < 4.78 is 31.4. The normalized spacial score (nSPS) is 18.4. The number of carbonyl (C=O) groups excluding carboxylic acids is 1. The van der Waals surface area contributed by atoms with Crippen LogP contribution < -0.4 is 0 Å². The first-order chi connectivity index (χ1) is 13.1. The van der Waals surface area contributed by atoms with E-state index in [1.54, 1.807) is 6.92 Å². The van der Waals surface area contributed by atoms with Crippen molar-refractivity contribution in [2.24, 2.45) is 0 Å². The molecule has 2 aromatic rings. The third-order valence-electron chi connectivity index (χ3n) is 4.19. The van der Waals surface area contributed by atoms with Gasteiger partial charge in [0, 0.05) is 41.3 Å². The molecule has 0 radical (unpaired) electrons. The fraction of sp³-hybridized carbons (Fsp3) is 0.278. The third-order valence-corrected chi connectivity index (χ3v) is 4.19. The molecule has 0 spiro atoms. The Morgan fingerprint density at radius 1 is 1.07 bits per heavy atom. The van der Waals surface area contributed by atoms with E-state index in [0.717, 1.165) is 30.3 Å². The summed E-state index contributed by atoms with van der Waals surface area (Å²) in [7, 11) is 0. The number of ether oxygens (including phenoxy) is 1. The molecule has 0 amide bonds. The maximum absolute atomic E-state index is 13.3. The summed E-state index contributed by atoms with van der Waals surface area (Å²) in [5, 5.41) is 20.8. The monoisotopic (exact) mass is 394 g/mol. The van der Waals surface area contributed by atoms with E-state index in [0.29, 0.717) is 12.9 Å². The summed E-state index contributed by atoms with van der Waals surface area (Å²) in [6.45, 7) is 3.59. The highest BCUT2D eigenvalue weighted by molar-refractivity contribution is 5.62. The molecule has 28 heavy (non-hydrogen) atoms. The lowest BCUT2D eigenvalue weighted by atomic mass is 10.0. The van der Waals surface area contributed by atoms with Gasteiger partial charge in [-0.3, -0.25) is 20.2 Å². The van der Waals surface area contributed by atoms with Crippen LogP contribution in [0.1, 0.15) is 30.9 Å². The van der Waals surface area contributed by atoms with Crippen LogP contribution in [-0.4, -0.2) is 22.7 Å². The fourth-order valence-corrected chi connectivity index (χ4v) is 2.36. The summed E-state index contributed by atoms with van der Waals surface area (Å²) in [5.74, 6) is -1.74. The fourth-order valence-electron chi connectivity index (χ4n) is 2.36. The Morgan fingerprint density at radius 2 is 1.57 bits per heavy atom. The second-order valence-corrected chi connectivity index (χ2v) is 6.33. The summed E-state index contributed by atoms with van der Waals surface area (Å²) in [5.41, 5.74) is -0.690. The number of nitro benzene ring substituents is 2. The van der Waals surface area contributed by atoms with Crippen LogP contribution >= 0.6 is 0 Å². The van der Waals surface area contributed by atoms with Gasteiger partial charge in [-0.1, -0.05) is 6.92 Å². The van der Waals surface area contributed by atoms with Gasteiger partial charge in [-0.15, -0.1) is 0 Å². The van der Waals surface area contributed by atoms with Crippen LogP contribution in [0.2, 0.25) is 0 Å². The molecular weight excluding hydrogens is 378 g/mol. The number of aldehydes is 1. The number of halogens is 2. The van der Waals surface area contributed by atoms with Crippen molar-refractivity contribution in [3.05, 3.63) is 79.4 Å². The van der Waals surface area contributed by atoms with E-state index in [1.807, 2.05) is 0 Å².